The van der Waals surface area contributed by atoms with Crippen LogP contribution in [0.1, 0.15) is 12.8 Å². The number of nitrogens with one attached hydrogen (secondary N) is 1. The summed E-state index contributed by atoms with van der Waals surface area (Å²) in [6.07, 6.45) is 1.26. The van der Waals surface area contributed by atoms with Crippen LogP contribution < -0.4 is 11.1 Å². The number of anilines is 2. The van der Waals surface area contributed by atoms with E-state index in [1.165, 1.54) is 12.1 Å². The van der Waals surface area contributed by atoms with E-state index < -0.39 is 21.5 Å². The monoisotopic (exact) mass is 332 g/mol. The molecule has 1 fully saturated rings. The SMILES string of the molecule is Nc1ccc(NC(=O)CS(=O)(=O)CC2CCCO2)c(Cl)c1. The van der Waals surface area contributed by atoms with Crippen LogP contribution in [-0.2, 0) is 19.4 Å². The van der Waals surface area contributed by atoms with Crippen molar-refractivity contribution in [2.45, 2.75) is 18.9 Å². The van der Waals surface area contributed by atoms with Crippen LogP contribution in [0.4, 0.5) is 11.4 Å². The second kappa shape index (κ2) is 6.64. The third-order valence-corrected chi connectivity index (χ3v) is 4.98. The first-order valence-corrected chi connectivity index (χ1v) is 8.72. The largest absolute Gasteiger partial charge is 0.399 e. The molecule has 1 aliphatic heterocycles. The molecule has 1 aliphatic rings. The second-order valence-corrected chi connectivity index (χ2v) is 7.49. The molecule has 0 aliphatic carbocycles. The highest BCUT2D eigenvalue weighted by molar-refractivity contribution is 7.92. The van der Waals surface area contributed by atoms with Gasteiger partial charge in [-0.3, -0.25) is 4.79 Å². The number of hydrogen-bond acceptors (Lipinski definition) is 5. The number of rotatable bonds is 5. The second-order valence-electron chi connectivity index (χ2n) is 4.98. The maximum atomic E-state index is 11.9. The van der Waals surface area contributed by atoms with Gasteiger partial charge >= 0.3 is 0 Å². The number of nitrogen functional groups attached to an aromatic ring is 1. The van der Waals surface area contributed by atoms with E-state index >= 15 is 0 Å². The third-order valence-electron chi connectivity index (χ3n) is 3.08. The first-order chi connectivity index (χ1) is 9.85. The molecule has 0 bridgehead atoms. The molecule has 1 heterocycles. The normalized spacial score (nSPS) is 18.6. The van der Waals surface area contributed by atoms with Gasteiger partial charge in [-0.1, -0.05) is 11.6 Å². The molecule has 1 unspecified atom stereocenters. The molecule has 0 spiro atoms. The molecule has 1 aromatic carbocycles. The van der Waals surface area contributed by atoms with Gasteiger partial charge < -0.3 is 15.8 Å². The van der Waals surface area contributed by atoms with E-state index in [0.717, 1.165) is 6.42 Å². The summed E-state index contributed by atoms with van der Waals surface area (Å²) in [6, 6.07) is 4.59. The van der Waals surface area contributed by atoms with Gasteiger partial charge in [-0.15, -0.1) is 0 Å². The van der Waals surface area contributed by atoms with E-state index in [2.05, 4.69) is 5.32 Å². The van der Waals surface area contributed by atoms with Gasteiger partial charge in [0, 0.05) is 12.3 Å². The van der Waals surface area contributed by atoms with Gasteiger partial charge in [-0.05, 0) is 31.0 Å². The Balaban J connectivity index is 1.94. The molecular formula is C13H17ClN2O4S. The van der Waals surface area contributed by atoms with Crippen LogP contribution in [-0.4, -0.2) is 38.5 Å². The molecular weight excluding hydrogens is 316 g/mol. The number of hydrogen-bond donors (Lipinski definition) is 2. The lowest BCUT2D eigenvalue weighted by atomic mass is 10.3. The molecule has 0 radical (unpaired) electrons. The van der Waals surface area contributed by atoms with Crippen molar-refractivity contribution in [2.24, 2.45) is 0 Å². The Morgan fingerprint density at radius 3 is 2.86 bits per heavy atom. The summed E-state index contributed by atoms with van der Waals surface area (Å²) < 4.78 is 29.1. The first-order valence-electron chi connectivity index (χ1n) is 6.52. The van der Waals surface area contributed by atoms with Crippen molar-refractivity contribution < 1.29 is 17.9 Å². The van der Waals surface area contributed by atoms with E-state index in [1.807, 2.05) is 0 Å². The summed E-state index contributed by atoms with van der Waals surface area (Å²) in [5.74, 6) is -1.34. The fourth-order valence-corrected chi connectivity index (χ4v) is 3.79. The van der Waals surface area contributed by atoms with E-state index in [9.17, 15) is 13.2 Å². The Morgan fingerprint density at radius 1 is 1.48 bits per heavy atom. The average Bonchev–Trinajstić information content (AvgIpc) is 2.84. The van der Waals surface area contributed by atoms with Crippen molar-refractivity contribution in [1.82, 2.24) is 0 Å². The van der Waals surface area contributed by atoms with Crippen molar-refractivity contribution in [2.75, 3.05) is 29.2 Å². The van der Waals surface area contributed by atoms with Crippen molar-refractivity contribution >= 4 is 38.7 Å². The summed E-state index contributed by atoms with van der Waals surface area (Å²) in [4.78, 5) is 11.8. The third kappa shape index (κ3) is 4.87. The van der Waals surface area contributed by atoms with Crippen molar-refractivity contribution in [3.63, 3.8) is 0 Å². The van der Waals surface area contributed by atoms with Gasteiger partial charge in [0.15, 0.2) is 9.84 Å². The van der Waals surface area contributed by atoms with Gasteiger partial charge in [0.25, 0.3) is 0 Å². The maximum Gasteiger partial charge on any atom is 0.239 e. The number of nitrogens with two attached hydrogens (primary N) is 1. The molecule has 116 valence electrons. The number of sulfone groups is 1. The Kier molecular flexibility index (Phi) is 5.08. The quantitative estimate of drug-likeness (QED) is 0.795. The lowest BCUT2D eigenvalue weighted by Gasteiger charge is -2.11. The maximum absolute atomic E-state index is 11.9. The first kappa shape index (κ1) is 16.1. The van der Waals surface area contributed by atoms with Crippen LogP contribution in [0.15, 0.2) is 18.2 Å². The molecule has 0 aromatic heterocycles. The zero-order chi connectivity index (χ0) is 15.5. The summed E-state index contributed by atoms with van der Waals surface area (Å²) >= 11 is 5.92. The molecule has 1 atom stereocenters. The van der Waals surface area contributed by atoms with Crippen LogP contribution in [0, 0.1) is 0 Å². The molecule has 2 rings (SSSR count). The Bertz CT molecular complexity index is 627. The number of amides is 1. The van der Waals surface area contributed by atoms with Crippen LogP contribution in [0.3, 0.4) is 0 Å². The highest BCUT2D eigenvalue weighted by Gasteiger charge is 2.25. The Labute approximate surface area is 128 Å². The zero-order valence-corrected chi connectivity index (χ0v) is 12.9. The minimum Gasteiger partial charge on any atom is -0.399 e. The molecule has 1 aromatic rings. The minimum atomic E-state index is -3.51. The van der Waals surface area contributed by atoms with E-state index in [4.69, 9.17) is 22.1 Å². The number of ether oxygens (including phenoxy) is 1. The molecule has 1 amide bonds. The average molecular weight is 333 g/mol. The van der Waals surface area contributed by atoms with Crippen LogP contribution in [0.5, 0.6) is 0 Å². The number of carbonyl (C=O) groups is 1. The lowest BCUT2D eigenvalue weighted by Crippen LogP contribution is -2.29. The van der Waals surface area contributed by atoms with Crippen molar-refractivity contribution in [3.05, 3.63) is 23.2 Å². The van der Waals surface area contributed by atoms with Crippen LogP contribution in [0.2, 0.25) is 5.02 Å². The highest BCUT2D eigenvalue weighted by atomic mass is 35.5. The zero-order valence-electron chi connectivity index (χ0n) is 11.3. The lowest BCUT2D eigenvalue weighted by molar-refractivity contribution is -0.113. The van der Waals surface area contributed by atoms with Gasteiger partial charge in [0.05, 0.1) is 22.6 Å². The molecule has 0 saturated carbocycles. The predicted octanol–water partition coefficient (Wildman–Crippen LogP) is 1.45. The topological polar surface area (TPSA) is 98.5 Å². The number of halogens is 1. The molecule has 1 saturated heterocycles. The smallest absolute Gasteiger partial charge is 0.239 e. The summed E-state index contributed by atoms with van der Waals surface area (Å²) in [7, 11) is -3.51. The fraction of sp³-hybridized carbons (Fsp3) is 0.462. The summed E-state index contributed by atoms with van der Waals surface area (Å²) in [6.45, 7) is 0.577. The standard InChI is InChI=1S/C13H17ClN2O4S/c14-11-6-9(15)3-4-12(11)16-13(17)8-21(18,19)7-10-2-1-5-20-10/h3-4,6,10H,1-2,5,7-8,15H2,(H,16,17). The number of benzene rings is 1. The summed E-state index contributed by atoms with van der Waals surface area (Å²) in [5.41, 5.74) is 6.34. The predicted molar refractivity (Wildman–Crippen MR) is 82.1 cm³/mol. The molecule has 8 heteroatoms. The fourth-order valence-electron chi connectivity index (χ4n) is 2.14. The van der Waals surface area contributed by atoms with Crippen molar-refractivity contribution in [3.8, 4) is 0 Å². The van der Waals surface area contributed by atoms with Gasteiger partial charge in [-0.25, -0.2) is 8.42 Å². The summed E-state index contributed by atoms with van der Waals surface area (Å²) in [5, 5.41) is 2.74. The van der Waals surface area contributed by atoms with Crippen LogP contribution in [0.25, 0.3) is 0 Å². The van der Waals surface area contributed by atoms with Gasteiger partial charge in [0.2, 0.25) is 5.91 Å². The van der Waals surface area contributed by atoms with Gasteiger partial charge in [-0.2, -0.15) is 0 Å². The van der Waals surface area contributed by atoms with Crippen LogP contribution >= 0.6 is 11.6 Å². The number of carbonyl (C=O) groups excluding carboxylic acids is 1. The minimum absolute atomic E-state index is 0.129. The Hall–Kier alpha value is -1.31. The highest BCUT2D eigenvalue weighted by Crippen LogP contribution is 2.24. The van der Waals surface area contributed by atoms with E-state index in [0.29, 0.717) is 24.4 Å². The molecule has 6 nitrogen and oxygen atoms in total. The molecule has 3 N–H and O–H groups in total. The molecule has 21 heavy (non-hydrogen) atoms. The van der Waals surface area contributed by atoms with Crippen molar-refractivity contribution in [1.29, 1.82) is 0 Å². The Morgan fingerprint density at radius 2 is 2.24 bits per heavy atom. The van der Waals surface area contributed by atoms with Gasteiger partial charge in [0.1, 0.15) is 5.75 Å². The van der Waals surface area contributed by atoms with E-state index in [1.54, 1.807) is 6.07 Å². The van der Waals surface area contributed by atoms with E-state index in [-0.39, 0.29) is 16.9 Å².